The van der Waals surface area contributed by atoms with Crippen LogP contribution in [0.4, 0.5) is 0 Å². The van der Waals surface area contributed by atoms with Gasteiger partial charge in [-0.2, -0.15) is 0 Å². The molecule has 25 heavy (non-hydrogen) atoms. The molecule has 2 aromatic carbocycles. The highest BCUT2D eigenvalue weighted by molar-refractivity contribution is 6.00. The molecule has 4 heteroatoms. The largest absolute Gasteiger partial charge is 0.497 e. The first-order chi connectivity index (χ1) is 12.2. The number of ether oxygens (including phenoxy) is 2. The third kappa shape index (κ3) is 5.61. The Labute approximate surface area is 150 Å². The average molecular weight is 341 g/mol. The first kappa shape index (κ1) is 19.0. The standard InChI is InChI=1S/C21H27NO3/c1-4-22(5-2)13-14-25-21-16-18(24-3)11-12-19(21)20(23)15-17-9-7-6-8-10-17/h6-12,16H,4-5,13-15H2,1-3H3. The maximum Gasteiger partial charge on any atom is 0.170 e. The Hall–Kier alpha value is -2.33. The molecule has 2 aromatic rings. The monoisotopic (exact) mass is 341 g/mol. The molecule has 4 nitrogen and oxygen atoms in total. The van der Waals surface area contributed by atoms with E-state index in [1.807, 2.05) is 30.3 Å². The minimum Gasteiger partial charge on any atom is -0.497 e. The molecule has 0 aromatic heterocycles. The lowest BCUT2D eigenvalue weighted by Gasteiger charge is -2.19. The fourth-order valence-corrected chi connectivity index (χ4v) is 2.68. The highest BCUT2D eigenvalue weighted by atomic mass is 16.5. The summed E-state index contributed by atoms with van der Waals surface area (Å²) in [7, 11) is 1.61. The van der Waals surface area contributed by atoms with Gasteiger partial charge in [0, 0.05) is 19.0 Å². The van der Waals surface area contributed by atoms with Crippen LogP contribution in [0.2, 0.25) is 0 Å². The topological polar surface area (TPSA) is 38.8 Å². The van der Waals surface area contributed by atoms with Crippen LogP contribution in [0.25, 0.3) is 0 Å². The van der Waals surface area contributed by atoms with Crippen molar-refractivity contribution in [2.45, 2.75) is 20.3 Å². The summed E-state index contributed by atoms with van der Waals surface area (Å²) in [5.74, 6) is 1.33. The zero-order chi connectivity index (χ0) is 18.1. The highest BCUT2D eigenvalue weighted by Crippen LogP contribution is 2.26. The van der Waals surface area contributed by atoms with E-state index in [1.165, 1.54) is 0 Å². The Bertz CT molecular complexity index is 666. The van der Waals surface area contributed by atoms with Gasteiger partial charge in [0.2, 0.25) is 0 Å². The summed E-state index contributed by atoms with van der Waals surface area (Å²) >= 11 is 0. The molecular formula is C21H27NO3. The summed E-state index contributed by atoms with van der Waals surface area (Å²) in [5, 5.41) is 0. The van der Waals surface area contributed by atoms with Gasteiger partial charge in [0.1, 0.15) is 18.1 Å². The lowest BCUT2D eigenvalue weighted by atomic mass is 10.0. The zero-order valence-corrected chi connectivity index (χ0v) is 15.3. The molecule has 0 bridgehead atoms. The van der Waals surface area contributed by atoms with Crippen molar-refractivity contribution in [1.29, 1.82) is 0 Å². The molecule has 0 radical (unpaired) electrons. The van der Waals surface area contributed by atoms with Crippen LogP contribution in [-0.4, -0.2) is 44.0 Å². The van der Waals surface area contributed by atoms with Crippen molar-refractivity contribution >= 4 is 5.78 Å². The molecule has 0 aliphatic heterocycles. The van der Waals surface area contributed by atoms with Crippen molar-refractivity contribution in [1.82, 2.24) is 4.90 Å². The fraction of sp³-hybridized carbons (Fsp3) is 0.381. The van der Waals surface area contributed by atoms with Gasteiger partial charge in [0.05, 0.1) is 12.7 Å². The van der Waals surface area contributed by atoms with Crippen molar-refractivity contribution in [2.24, 2.45) is 0 Å². The van der Waals surface area contributed by atoms with E-state index in [0.29, 0.717) is 30.1 Å². The Morgan fingerprint density at radius 3 is 2.40 bits per heavy atom. The third-order valence-electron chi connectivity index (χ3n) is 4.26. The van der Waals surface area contributed by atoms with Crippen LogP contribution in [0, 0.1) is 0 Å². The maximum absolute atomic E-state index is 12.7. The van der Waals surface area contributed by atoms with Crippen LogP contribution in [0.3, 0.4) is 0 Å². The minimum absolute atomic E-state index is 0.0479. The maximum atomic E-state index is 12.7. The molecule has 0 aliphatic carbocycles. The number of rotatable bonds is 10. The SMILES string of the molecule is CCN(CC)CCOc1cc(OC)ccc1C(=O)Cc1ccccc1. The van der Waals surface area contributed by atoms with E-state index in [2.05, 4.69) is 18.7 Å². The van der Waals surface area contributed by atoms with Crippen LogP contribution >= 0.6 is 0 Å². The second kappa shape index (κ2) is 9.84. The molecule has 0 unspecified atom stereocenters. The summed E-state index contributed by atoms with van der Waals surface area (Å²) < 4.78 is 11.2. The Morgan fingerprint density at radius 1 is 1.04 bits per heavy atom. The number of ketones is 1. The first-order valence-corrected chi connectivity index (χ1v) is 8.78. The molecule has 0 N–H and O–H groups in total. The lowest BCUT2D eigenvalue weighted by molar-refractivity contribution is 0.0988. The summed E-state index contributed by atoms with van der Waals surface area (Å²) in [6, 6.07) is 15.1. The van der Waals surface area contributed by atoms with Gasteiger partial charge in [0.15, 0.2) is 5.78 Å². The Balaban J connectivity index is 2.12. The summed E-state index contributed by atoms with van der Waals surface area (Å²) in [4.78, 5) is 15.0. The lowest BCUT2D eigenvalue weighted by Crippen LogP contribution is -2.28. The van der Waals surface area contributed by atoms with Crippen molar-refractivity contribution in [2.75, 3.05) is 33.4 Å². The predicted octanol–water partition coefficient (Wildman–Crippen LogP) is 3.84. The minimum atomic E-state index is 0.0479. The van der Waals surface area contributed by atoms with Gasteiger partial charge >= 0.3 is 0 Å². The normalized spacial score (nSPS) is 10.7. The molecule has 134 valence electrons. The number of Topliss-reactive ketones (excluding diaryl/α,β-unsaturated/α-hetero) is 1. The molecule has 0 fully saturated rings. The van der Waals surface area contributed by atoms with Crippen molar-refractivity contribution in [3.8, 4) is 11.5 Å². The van der Waals surface area contributed by atoms with Gasteiger partial charge in [-0.3, -0.25) is 4.79 Å². The van der Waals surface area contributed by atoms with E-state index in [-0.39, 0.29) is 5.78 Å². The predicted molar refractivity (Wildman–Crippen MR) is 101 cm³/mol. The van der Waals surface area contributed by atoms with Crippen LogP contribution in [-0.2, 0) is 6.42 Å². The third-order valence-corrected chi connectivity index (χ3v) is 4.26. The molecule has 0 amide bonds. The Kier molecular flexibility index (Phi) is 7.48. The van der Waals surface area contributed by atoms with Crippen molar-refractivity contribution in [3.05, 3.63) is 59.7 Å². The van der Waals surface area contributed by atoms with Crippen LogP contribution in [0.1, 0.15) is 29.8 Å². The smallest absolute Gasteiger partial charge is 0.170 e. The first-order valence-electron chi connectivity index (χ1n) is 8.78. The van der Waals surface area contributed by atoms with Crippen molar-refractivity contribution in [3.63, 3.8) is 0 Å². The van der Waals surface area contributed by atoms with Gasteiger partial charge in [-0.25, -0.2) is 0 Å². The van der Waals surface area contributed by atoms with Gasteiger partial charge in [-0.15, -0.1) is 0 Å². The molecule has 0 heterocycles. The molecule has 0 spiro atoms. The quantitative estimate of drug-likeness (QED) is 0.616. The van der Waals surface area contributed by atoms with Crippen LogP contribution in [0.15, 0.2) is 48.5 Å². The number of nitrogens with zero attached hydrogens (tertiary/aromatic N) is 1. The van der Waals surface area contributed by atoms with Crippen molar-refractivity contribution < 1.29 is 14.3 Å². The number of hydrogen-bond acceptors (Lipinski definition) is 4. The van der Waals surface area contributed by atoms with Crippen LogP contribution in [0.5, 0.6) is 11.5 Å². The molecule has 0 saturated heterocycles. The molecule has 0 aliphatic rings. The highest BCUT2D eigenvalue weighted by Gasteiger charge is 2.15. The molecule has 2 rings (SSSR count). The summed E-state index contributed by atoms with van der Waals surface area (Å²) in [6.45, 7) is 7.60. The number of carbonyl (C=O) groups excluding carboxylic acids is 1. The Morgan fingerprint density at radius 2 is 1.76 bits per heavy atom. The van der Waals surface area contributed by atoms with Gasteiger partial charge < -0.3 is 14.4 Å². The van der Waals surface area contributed by atoms with Crippen LogP contribution < -0.4 is 9.47 Å². The number of benzene rings is 2. The van der Waals surface area contributed by atoms with E-state index >= 15 is 0 Å². The van der Waals surface area contributed by atoms with E-state index in [0.717, 1.165) is 25.2 Å². The molecular weight excluding hydrogens is 314 g/mol. The zero-order valence-electron chi connectivity index (χ0n) is 15.3. The molecule has 0 atom stereocenters. The van der Waals surface area contributed by atoms with Gasteiger partial charge in [0.25, 0.3) is 0 Å². The summed E-state index contributed by atoms with van der Waals surface area (Å²) in [5.41, 5.74) is 1.60. The van der Waals surface area contributed by atoms with E-state index in [9.17, 15) is 4.79 Å². The second-order valence-corrected chi connectivity index (χ2v) is 5.82. The van der Waals surface area contributed by atoms with Gasteiger partial charge in [-0.05, 0) is 30.8 Å². The summed E-state index contributed by atoms with van der Waals surface area (Å²) in [6.07, 6.45) is 0.361. The average Bonchev–Trinajstić information content (AvgIpc) is 2.65. The number of carbonyl (C=O) groups is 1. The van der Waals surface area contributed by atoms with E-state index < -0.39 is 0 Å². The van der Waals surface area contributed by atoms with E-state index in [1.54, 1.807) is 25.3 Å². The fourth-order valence-electron chi connectivity index (χ4n) is 2.68. The molecule has 0 saturated carbocycles. The van der Waals surface area contributed by atoms with Gasteiger partial charge in [-0.1, -0.05) is 44.2 Å². The number of hydrogen-bond donors (Lipinski definition) is 0. The number of likely N-dealkylation sites (N-methyl/N-ethyl adjacent to an activating group) is 1. The van der Waals surface area contributed by atoms with E-state index in [4.69, 9.17) is 9.47 Å². The second-order valence-electron chi connectivity index (χ2n) is 5.82. The number of methoxy groups -OCH3 is 1.